The van der Waals surface area contributed by atoms with E-state index in [0.717, 1.165) is 0 Å². The molecule has 1 aliphatic carbocycles. The van der Waals surface area contributed by atoms with Crippen LogP contribution in [0.2, 0.25) is 0 Å². The van der Waals surface area contributed by atoms with E-state index in [4.69, 9.17) is 0 Å². The van der Waals surface area contributed by atoms with Crippen LogP contribution < -0.4 is 0 Å². The summed E-state index contributed by atoms with van der Waals surface area (Å²) in [6.07, 6.45) is 9.00. The number of hydrogen-bond acceptors (Lipinski definition) is 0. The zero-order chi connectivity index (χ0) is 4.24. The summed E-state index contributed by atoms with van der Waals surface area (Å²) in [6.45, 7) is 0. The van der Waals surface area contributed by atoms with Crippen LogP contribution in [0, 0.1) is 0 Å². The zero-order valence-electron chi connectivity index (χ0n) is 5.88. The third-order valence-electron chi connectivity index (χ3n) is 1.50. The Kier molecular flexibility index (Phi) is 41.9. The Balaban J connectivity index is -0.0000000450. The Hall–Kier alpha value is 3.16. The average Bonchev–Trinajstić information content (AvgIpc) is 1.72. The van der Waals surface area contributed by atoms with Crippen molar-refractivity contribution in [3.8, 4) is 0 Å². The molecule has 0 amide bonds. The molecule has 1 fully saturated rings. The molecular weight excluding hydrogens is 582 g/mol. The van der Waals surface area contributed by atoms with E-state index in [9.17, 15) is 0 Å². The summed E-state index contributed by atoms with van der Waals surface area (Å²) in [7, 11) is 0. The molecule has 0 saturated heterocycles. The number of rotatable bonds is 0. The van der Waals surface area contributed by atoms with Crippen LogP contribution in [0.3, 0.4) is 0 Å². The van der Waals surface area contributed by atoms with Gasteiger partial charge in [0.2, 0.25) is 0 Å². The Morgan fingerprint density at radius 1 is 0.300 bits per heavy atom. The van der Waals surface area contributed by atoms with E-state index in [1.807, 2.05) is 0 Å². The summed E-state index contributed by atoms with van der Waals surface area (Å²) in [6, 6.07) is 0. The van der Waals surface area contributed by atoms with Crippen molar-refractivity contribution in [2.45, 2.75) is 38.5 Å². The predicted octanol–water partition coefficient (Wildman–Crippen LogP) is 0.817. The fraction of sp³-hybridized carbons (Fsp3) is 1.00. The van der Waals surface area contributed by atoms with E-state index in [-0.39, 0.29) is 94.7 Å². The second kappa shape index (κ2) is 18.0. The molecule has 0 unspecified atom stereocenters. The Labute approximate surface area is 131 Å². The van der Waals surface area contributed by atoms with Crippen molar-refractivity contribution in [1.29, 1.82) is 0 Å². The Morgan fingerprint density at radius 2 is 0.400 bits per heavy atom. The van der Waals surface area contributed by atoms with Crippen LogP contribution in [0.4, 0.5) is 0 Å². The van der Waals surface area contributed by atoms with E-state index in [0.29, 0.717) is 0 Å². The summed E-state index contributed by atoms with van der Waals surface area (Å²) < 4.78 is 0. The van der Waals surface area contributed by atoms with Gasteiger partial charge < -0.3 is 0 Å². The predicted molar refractivity (Wildman–Crippen MR) is 50.7 cm³/mol. The Morgan fingerprint density at radius 3 is 0.500 bits per heavy atom. The largest absolute Gasteiger partial charge is 0.0533 e. The van der Waals surface area contributed by atoms with E-state index >= 15 is 0 Å². The molecule has 1 saturated carbocycles. The zero-order valence-corrected chi connectivity index (χ0v) is 15.2. The van der Waals surface area contributed by atoms with Crippen LogP contribution in [0.25, 0.3) is 0 Å². The van der Waals surface area contributed by atoms with Crippen molar-refractivity contribution in [1.82, 2.24) is 0 Å². The minimum atomic E-state index is 0. The topological polar surface area (TPSA) is 0 Å². The van der Waals surface area contributed by atoms with Crippen LogP contribution in [0.1, 0.15) is 38.5 Å². The summed E-state index contributed by atoms with van der Waals surface area (Å²) in [5, 5.41) is 0. The van der Waals surface area contributed by atoms with Crippen LogP contribution in [-0.4, -0.2) is 94.7 Å². The standard InChI is InChI=1S/C6H12.4Te/c1-2-4-6-5-3-1;;;;/h1-6H2;;;;. The van der Waals surface area contributed by atoms with Crippen molar-refractivity contribution in [3.63, 3.8) is 0 Å². The summed E-state index contributed by atoms with van der Waals surface area (Å²) >= 11 is 0. The normalized spacial score (nSPS) is 14.4. The second-order valence-electron chi connectivity index (χ2n) is 2.12. The van der Waals surface area contributed by atoms with Gasteiger partial charge in [-0.05, 0) is 0 Å². The van der Waals surface area contributed by atoms with Crippen LogP contribution in [0.5, 0.6) is 0 Å². The maximum absolute atomic E-state index is 1.50. The van der Waals surface area contributed by atoms with Gasteiger partial charge in [0.15, 0.2) is 0 Å². The van der Waals surface area contributed by atoms with Crippen molar-refractivity contribution in [3.05, 3.63) is 0 Å². The fourth-order valence-corrected chi connectivity index (χ4v) is 1.06. The summed E-state index contributed by atoms with van der Waals surface area (Å²) in [5.74, 6) is 0. The van der Waals surface area contributed by atoms with Gasteiger partial charge in [0, 0.05) is 94.7 Å². The SMILES string of the molecule is C1CCCCC1.[Te].[Te].[Te].[Te]. The first-order valence-electron chi connectivity index (χ1n) is 3.00. The van der Waals surface area contributed by atoms with Crippen LogP contribution in [-0.2, 0) is 0 Å². The molecule has 0 bridgehead atoms. The van der Waals surface area contributed by atoms with E-state index < -0.39 is 0 Å². The average molecular weight is 595 g/mol. The minimum absolute atomic E-state index is 0. The molecule has 1 aliphatic rings. The first kappa shape index (κ1) is 23.2. The molecule has 0 aromatic carbocycles. The molecule has 0 aromatic heterocycles. The van der Waals surface area contributed by atoms with Crippen molar-refractivity contribution in [2.75, 3.05) is 0 Å². The molecule has 10 heavy (non-hydrogen) atoms. The molecule has 0 aromatic rings. The molecule has 0 atom stereocenters. The maximum Gasteiger partial charge on any atom is 0 e. The monoisotopic (exact) mass is 604 g/mol. The quantitative estimate of drug-likeness (QED) is 0.365. The molecule has 0 aliphatic heterocycles. The summed E-state index contributed by atoms with van der Waals surface area (Å²) in [5.41, 5.74) is 0. The van der Waals surface area contributed by atoms with Crippen molar-refractivity contribution >= 4 is 94.7 Å². The van der Waals surface area contributed by atoms with Gasteiger partial charge in [-0.1, -0.05) is 38.5 Å². The van der Waals surface area contributed by atoms with Crippen LogP contribution >= 0.6 is 0 Å². The van der Waals surface area contributed by atoms with E-state index in [1.54, 1.807) is 0 Å². The molecule has 8 radical (unpaired) electrons. The molecule has 4 heteroatoms. The first-order chi connectivity index (χ1) is 3.00. The van der Waals surface area contributed by atoms with Gasteiger partial charge in [-0.25, -0.2) is 0 Å². The van der Waals surface area contributed by atoms with Gasteiger partial charge in [-0.15, -0.1) is 0 Å². The van der Waals surface area contributed by atoms with Gasteiger partial charge in [-0.3, -0.25) is 0 Å². The molecule has 0 nitrogen and oxygen atoms in total. The van der Waals surface area contributed by atoms with E-state index in [1.165, 1.54) is 38.5 Å². The third kappa shape index (κ3) is 13.7. The van der Waals surface area contributed by atoms with Crippen molar-refractivity contribution in [2.24, 2.45) is 0 Å². The van der Waals surface area contributed by atoms with Gasteiger partial charge in [0.05, 0.1) is 0 Å². The van der Waals surface area contributed by atoms with Crippen molar-refractivity contribution < 1.29 is 0 Å². The minimum Gasteiger partial charge on any atom is -0.0533 e. The second-order valence-corrected chi connectivity index (χ2v) is 2.12. The molecule has 0 N–H and O–H groups in total. The molecule has 0 spiro atoms. The van der Waals surface area contributed by atoms with Gasteiger partial charge in [0.25, 0.3) is 0 Å². The Bertz CT molecular complexity index is 25.2. The molecular formula is C6H12Te4. The smallest absolute Gasteiger partial charge is 0 e. The summed E-state index contributed by atoms with van der Waals surface area (Å²) in [4.78, 5) is 0. The van der Waals surface area contributed by atoms with Crippen LogP contribution in [0.15, 0.2) is 0 Å². The molecule has 0 heterocycles. The van der Waals surface area contributed by atoms with Gasteiger partial charge in [0.1, 0.15) is 0 Å². The molecule has 60 valence electrons. The van der Waals surface area contributed by atoms with Gasteiger partial charge in [-0.2, -0.15) is 0 Å². The fourth-order valence-electron chi connectivity index (χ4n) is 1.06. The third-order valence-corrected chi connectivity index (χ3v) is 1.50. The maximum atomic E-state index is 1.50. The molecule has 1 rings (SSSR count). The van der Waals surface area contributed by atoms with E-state index in [2.05, 4.69) is 0 Å². The van der Waals surface area contributed by atoms with Gasteiger partial charge >= 0.3 is 0 Å². The first-order valence-corrected chi connectivity index (χ1v) is 3.00. The number of hydrogen-bond donors (Lipinski definition) is 0.